The number of H-pyrrole nitrogens is 1. The largest absolute Gasteiger partial charge is 0.497 e. The number of aldehydes is 1. The molecule has 3 rings (SSSR count). The molecule has 0 aliphatic rings. The van der Waals surface area contributed by atoms with Crippen LogP contribution in [-0.4, -0.2) is 57.2 Å². The van der Waals surface area contributed by atoms with E-state index < -0.39 is 0 Å². The molecule has 11 heteroatoms. The summed E-state index contributed by atoms with van der Waals surface area (Å²) in [4.78, 5) is 17.8. The van der Waals surface area contributed by atoms with Gasteiger partial charge in [-0.15, -0.1) is 0 Å². The van der Waals surface area contributed by atoms with Crippen molar-refractivity contribution in [3.05, 3.63) is 48.3 Å². The maximum Gasteiger partial charge on any atom is 0.185 e. The third-order valence-electron chi connectivity index (χ3n) is 3.84. The van der Waals surface area contributed by atoms with Crippen LogP contribution in [0.25, 0.3) is 22.2 Å². The Balaban J connectivity index is 0.000000606. The molecule has 0 fully saturated rings. The van der Waals surface area contributed by atoms with Gasteiger partial charge in [0.25, 0.3) is 0 Å². The molecule has 1 aromatic heterocycles. The van der Waals surface area contributed by atoms with Crippen LogP contribution in [0.4, 0.5) is 0 Å². The van der Waals surface area contributed by atoms with Gasteiger partial charge in [-0.1, -0.05) is 25.1 Å². The van der Waals surface area contributed by atoms with Crippen molar-refractivity contribution in [3.63, 3.8) is 0 Å². The van der Waals surface area contributed by atoms with Crippen LogP contribution >= 0.6 is 23.7 Å². The second kappa shape index (κ2) is 20.4. The Kier molecular flexibility index (Phi) is 19.0. The van der Waals surface area contributed by atoms with Crippen molar-refractivity contribution < 1.29 is 18.2 Å². The number of methoxy groups -OCH3 is 1. The molecule has 1 heterocycles. The lowest BCUT2D eigenvalue weighted by atomic mass is 10.1. The average Bonchev–Trinajstić information content (AvgIpc) is 3.27. The molecule has 9 nitrogen and oxygen atoms in total. The smallest absolute Gasteiger partial charge is 0.185 e. The van der Waals surface area contributed by atoms with Crippen LogP contribution in [0, 0.1) is 0 Å². The number of benzene rings is 2. The van der Waals surface area contributed by atoms with Crippen LogP contribution in [0.15, 0.2) is 42.5 Å². The summed E-state index contributed by atoms with van der Waals surface area (Å²) in [6.07, 6.45) is 1.75. The predicted molar refractivity (Wildman–Crippen MR) is 135 cm³/mol. The van der Waals surface area contributed by atoms with Gasteiger partial charge >= 0.3 is 0 Å². The van der Waals surface area contributed by atoms with E-state index in [2.05, 4.69) is 41.3 Å². The van der Waals surface area contributed by atoms with Gasteiger partial charge in [0, 0.05) is 19.6 Å². The fourth-order valence-corrected chi connectivity index (χ4v) is 2.41. The predicted octanol–water partition coefficient (Wildman–Crippen LogP) is 4.07. The van der Waals surface area contributed by atoms with Crippen LogP contribution in [0.2, 0.25) is 0 Å². The van der Waals surface area contributed by atoms with Gasteiger partial charge in [-0.2, -0.15) is 9.87 Å². The Labute approximate surface area is 205 Å². The van der Waals surface area contributed by atoms with Crippen LogP contribution in [0.1, 0.15) is 24.0 Å². The van der Waals surface area contributed by atoms with E-state index in [0.717, 1.165) is 54.0 Å². The van der Waals surface area contributed by atoms with E-state index in [1.807, 2.05) is 56.4 Å². The van der Waals surface area contributed by atoms with Gasteiger partial charge in [0.2, 0.25) is 0 Å². The number of aromatic nitrogens is 2. The van der Waals surface area contributed by atoms with E-state index in [9.17, 15) is 4.79 Å². The van der Waals surface area contributed by atoms with Gasteiger partial charge in [-0.3, -0.25) is 9.08 Å². The summed E-state index contributed by atoms with van der Waals surface area (Å²) in [6.45, 7) is 4.49. The summed E-state index contributed by atoms with van der Waals surface area (Å²) in [5.74, 6) is 1.18. The lowest BCUT2D eigenvalue weighted by molar-refractivity contribution is 0.111. The summed E-state index contributed by atoms with van der Waals surface area (Å²) < 4.78 is 12.9. The SMILES string of the molecule is CCCNOCl.CNCCN.COCl.COc1ccc(-c2ccc3nc(C=O)[nH]c3c2)cc1. The molecular formula is C22H33Cl2N5O4. The van der Waals surface area contributed by atoms with Gasteiger partial charge < -0.3 is 20.8 Å². The minimum absolute atomic E-state index is 0.349. The molecule has 0 amide bonds. The number of carbonyl (C=O) groups is 1. The first kappa shape index (κ1) is 30.8. The van der Waals surface area contributed by atoms with Crippen LogP contribution in [0.5, 0.6) is 5.75 Å². The number of imidazole rings is 1. The molecule has 2 aromatic carbocycles. The number of rotatable bonds is 8. The maximum absolute atomic E-state index is 10.7. The highest BCUT2D eigenvalue weighted by Crippen LogP contribution is 2.25. The first-order valence-electron chi connectivity index (χ1n) is 10.1. The Morgan fingerprint density at radius 1 is 1.09 bits per heavy atom. The number of nitrogens with zero attached hydrogens (tertiary/aromatic N) is 1. The number of aromatic amines is 1. The lowest BCUT2D eigenvalue weighted by Crippen LogP contribution is -2.17. The fourth-order valence-electron chi connectivity index (χ4n) is 2.33. The molecule has 3 aromatic rings. The Morgan fingerprint density at radius 3 is 2.15 bits per heavy atom. The summed E-state index contributed by atoms with van der Waals surface area (Å²) >= 11 is 9.27. The van der Waals surface area contributed by atoms with Gasteiger partial charge in [0.05, 0.1) is 49.0 Å². The summed E-state index contributed by atoms with van der Waals surface area (Å²) in [7, 11) is 4.92. The Morgan fingerprint density at radius 2 is 1.73 bits per heavy atom. The molecule has 0 unspecified atom stereocenters. The molecule has 0 spiro atoms. The first-order valence-corrected chi connectivity index (χ1v) is 10.8. The highest BCUT2D eigenvalue weighted by atomic mass is 35.5. The zero-order chi connectivity index (χ0) is 24.9. The number of carbonyl (C=O) groups excluding carboxylic acids is 1. The van der Waals surface area contributed by atoms with Crippen molar-refractivity contribution in [3.8, 4) is 16.9 Å². The highest BCUT2D eigenvalue weighted by Gasteiger charge is 2.04. The Bertz CT molecular complexity index is 873. The van der Waals surface area contributed by atoms with E-state index in [1.165, 1.54) is 7.11 Å². The third kappa shape index (κ3) is 13.2. The number of nitrogens with one attached hydrogen (secondary N) is 3. The number of hydrogen-bond donors (Lipinski definition) is 4. The fraction of sp³-hybridized carbons (Fsp3) is 0.364. The number of fused-ring (bicyclic) bond motifs is 1. The zero-order valence-corrected chi connectivity index (χ0v) is 20.9. The highest BCUT2D eigenvalue weighted by molar-refractivity contribution is 6.07. The maximum atomic E-state index is 10.7. The number of ether oxygens (including phenoxy) is 1. The monoisotopic (exact) mass is 501 g/mol. The van der Waals surface area contributed by atoms with Crippen LogP contribution in [-0.2, 0) is 8.68 Å². The number of hydrogen-bond acceptors (Lipinski definition) is 8. The quantitative estimate of drug-likeness (QED) is 0.207. The summed E-state index contributed by atoms with van der Waals surface area (Å²) in [5.41, 5.74) is 11.3. The van der Waals surface area contributed by atoms with Gasteiger partial charge in [0.1, 0.15) is 5.75 Å². The van der Waals surface area contributed by atoms with Crippen LogP contribution in [0.3, 0.4) is 0 Å². The van der Waals surface area contributed by atoms with Crippen molar-refractivity contribution in [1.29, 1.82) is 0 Å². The van der Waals surface area contributed by atoms with Crippen molar-refractivity contribution in [2.75, 3.05) is 40.9 Å². The topological polar surface area (TPSA) is 124 Å². The van der Waals surface area contributed by atoms with E-state index >= 15 is 0 Å². The number of hydroxylamine groups is 1. The summed E-state index contributed by atoms with van der Waals surface area (Å²) in [5, 5.41) is 2.89. The molecule has 0 radical (unpaired) electrons. The molecule has 0 aliphatic heterocycles. The molecule has 0 atom stereocenters. The Hall–Kier alpha value is -2.24. The van der Waals surface area contributed by atoms with Crippen molar-refractivity contribution >= 4 is 41.1 Å². The number of nitrogens with two attached hydrogens (primary N) is 1. The molecule has 0 saturated heterocycles. The molecule has 184 valence electrons. The standard InChI is InChI=1S/C15H12N2O2.C3H8ClNO.C3H10N2.CH3ClO/c1-19-12-5-2-10(3-6-12)11-4-7-13-14(8-11)17-15(9-18)16-13;1-2-3-5-6-4;1-5-3-2-4;1-3-2/h2-9H,1H3,(H,16,17);5H,2-3H2,1H3;5H,2-4H2,1H3;1H3. The molecule has 0 bridgehead atoms. The summed E-state index contributed by atoms with van der Waals surface area (Å²) in [6, 6.07) is 13.7. The molecule has 0 saturated carbocycles. The first-order chi connectivity index (χ1) is 16.0. The number of likely N-dealkylation sites (N-methyl/N-ethyl adjacent to an activating group) is 1. The second-order valence-electron chi connectivity index (χ2n) is 6.22. The average molecular weight is 502 g/mol. The zero-order valence-electron chi connectivity index (χ0n) is 19.4. The minimum Gasteiger partial charge on any atom is -0.497 e. The van der Waals surface area contributed by atoms with E-state index in [4.69, 9.17) is 22.3 Å². The van der Waals surface area contributed by atoms with E-state index in [1.54, 1.807) is 7.11 Å². The van der Waals surface area contributed by atoms with Crippen LogP contribution < -0.4 is 21.3 Å². The van der Waals surface area contributed by atoms with E-state index in [-0.39, 0.29) is 0 Å². The molecule has 0 aliphatic carbocycles. The van der Waals surface area contributed by atoms with Gasteiger partial charge in [0.15, 0.2) is 12.1 Å². The van der Waals surface area contributed by atoms with E-state index in [0.29, 0.717) is 12.1 Å². The second-order valence-corrected chi connectivity index (χ2v) is 6.68. The van der Waals surface area contributed by atoms with Crippen molar-refractivity contribution in [1.82, 2.24) is 20.8 Å². The number of halogens is 2. The van der Waals surface area contributed by atoms with Crippen molar-refractivity contribution in [2.45, 2.75) is 13.3 Å². The van der Waals surface area contributed by atoms with Gasteiger partial charge in [-0.25, -0.2) is 4.98 Å². The molecule has 33 heavy (non-hydrogen) atoms. The normalized spacial score (nSPS) is 9.55. The molecular weight excluding hydrogens is 469 g/mol. The lowest BCUT2D eigenvalue weighted by Gasteiger charge is -2.03. The third-order valence-corrected chi connectivity index (χ3v) is 3.95. The minimum atomic E-state index is 0.349. The van der Waals surface area contributed by atoms with Gasteiger partial charge in [-0.05, 0) is 48.9 Å². The van der Waals surface area contributed by atoms with Crippen molar-refractivity contribution in [2.24, 2.45) is 5.73 Å². The molecule has 5 N–H and O–H groups in total.